The first-order valence-electron chi connectivity index (χ1n) is 4.00. The number of aromatic nitrogens is 4. The number of ketones is 1. The van der Waals surface area contributed by atoms with Crippen LogP contribution in [0, 0.1) is 6.92 Å². The van der Waals surface area contributed by atoms with Gasteiger partial charge in [0.1, 0.15) is 5.69 Å². The highest BCUT2D eigenvalue weighted by molar-refractivity contribution is 7.09. The highest BCUT2D eigenvalue weighted by atomic mass is 32.1. The first-order valence-corrected chi connectivity index (χ1v) is 4.88. The highest BCUT2D eigenvalue weighted by Gasteiger charge is 2.15. The molecule has 14 heavy (non-hydrogen) atoms. The van der Waals surface area contributed by atoms with Gasteiger partial charge >= 0.3 is 0 Å². The van der Waals surface area contributed by atoms with Crippen LogP contribution in [0.1, 0.15) is 21.2 Å². The molecule has 0 spiro atoms. The average molecular weight is 208 g/mol. The fraction of sp³-hybridized carbons (Fsp3) is 0.250. The third-order valence-electron chi connectivity index (χ3n) is 1.69. The molecular weight excluding hydrogens is 200 g/mol. The van der Waals surface area contributed by atoms with Crippen molar-refractivity contribution in [3.05, 3.63) is 28.0 Å². The molecule has 0 unspecified atom stereocenters. The Balaban J connectivity index is 2.33. The van der Waals surface area contributed by atoms with Gasteiger partial charge in [-0.2, -0.15) is 0 Å². The lowest BCUT2D eigenvalue weighted by Gasteiger charge is -1.88. The molecule has 0 saturated carbocycles. The molecule has 0 bridgehead atoms. The number of hydrogen-bond acceptors (Lipinski definition) is 5. The number of nitrogens with zero attached hydrogens (tertiary/aromatic N) is 4. The van der Waals surface area contributed by atoms with E-state index in [1.165, 1.54) is 16.0 Å². The van der Waals surface area contributed by atoms with Gasteiger partial charge < -0.3 is 0 Å². The number of rotatable bonds is 2. The lowest BCUT2D eigenvalue weighted by molar-refractivity contribution is 0.103. The van der Waals surface area contributed by atoms with Crippen LogP contribution in [-0.2, 0) is 7.05 Å². The summed E-state index contributed by atoms with van der Waals surface area (Å²) in [6.45, 7) is 1.86. The summed E-state index contributed by atoms with van der Waals surface area (Å²) in [7, 11) is 1.72. The van der Waals surface area contributed by atoms with E-state index in [9.17, 15) is 4.79 Å². The number of thiazole rings is 1. The third kappa shape index (κ3) is 1.56. The monoisotopic (exact) mass is 208 g/mol. The van der Waals surface area contributed by atoms with E-state index in [4.69, 9.17) is 0 Å². The minimum absolute atomic E-state index is 0.178. The Morgan fingerprint density at radius 2 is 2.29 bits per heavy atom. The molecule has 72 valence electrons. The van der Waals surface area contributed by atoms with Crippen LogP contribution in [0.2, 0.25) is 0 Å². The molecule has 0 N–H and O–H groups in total. The van der Waals surface area contributed by atoms with E-state index in [1.54, 1.807) is 18.6 Å². The average Bonchev–Trinajstić information content (AvgIpc) is 2.73. The zero-order valence-electron chi connectivity index (χ0n) is 7.76. The van der Waals surface area contributed by atoms with Gasteiger partial charge in [0, 0.05) is 12.4 Å². The standard InChI is InChI=1S/C8H8N4OS/c1-5-9-7(4-14-5)8(13)6-3-12(2)11-10-6/h3-4H,1-2H3. The van der Waals surface area contributed by atoms with Gasteiger partial charge in [-0.15, -0.1) is 16.4 Å². The van der Waals surface area contributed by atoms with Crippen molar-refractivity contribution in [2.24, 2.45) is 7.05 Å². The molecule has 0 saturated heterocycles. The molecule has 2 heterocycles. The Labute approximate surface area is 84.4 Å². The van der Waals surface area contributed by atoms with Crippen molar-refractivity contribution in [2.75, 3.05) is 0 Å². The molecule has 0 atom stereocenters. The van der Waals surface area contributed by atoms with Crippen LogP contribution in [0.25, 0.3) is 0 Å². The van der Waals surface area contributed by atoms with E-state index in [2.05, 4.69) is 15.3 Å². The summed E-state index contributed by atoms with van der Waals surface area (Å²) in [5.74, 6) is -0.178. The van der Waals surface area contributed by atoms with Crippen molar-refractivity contribution >= 4 is 17.1 Å². The summed E-state index contributed by atoms with van der Waals surface area (Å²) in [6, 6.07) is 0. The maximum Gasteiger partial charge on any atom is 0.234 e. The Morgan fingerprint density at radius 3 is 2.79 bits per heavy atom. The van der Waals surface area contributed by atoms with Gasteiger partial charge in [0.25, 0.3) is 0 Å². The number of carbonyl (C=O) groups excluding carboxylic acids is 1. The molecule has 0 aliphatic rings. The summed E-state index contributed by atoms with van der Waals surface area (Å²) in [5.41, 5.74) is 0.769. The SMILES string of the molecule is Cc1nc(C(=O)c2cn(C)nn2)cs1. The smallest absolute Gasteiger partial charge is 0.234 e. The van der Waals surface area contributed by atoms with Gasteiger partial charge in [-0.1, -0.05) is 5.21 Å². The summed E-state index contributed by atoms with van der Waals surface area (Å²) in [6.07, 6.45) is 1.58. The van der Waals surface area contributed by atoms with Gasteiger partial charge in [-0.3, -0.25) is 9.48 Å². The maximum atomic E-state index is 11.7. The van der Waals surface area contributed by atoms with Crippen LogP contribution >= 0.6 is 11.3 Å². The summed E-state index contributed by atoms with van der Waals surface area (Å²) in [5, 5.41) is 10.0. The molecule has 0 fully saturated rings. The number of hydrogen-bond donors (Lipinski definition) is 0. The summed E-state index contributed by atoms with van der Waals surface area (Å²) < 4.78 is 1.49. The fourth-order valence-corrected chi connectivity index (χ4v) is 1.64. The van der Waals surface area contributed by atoms with Crippen molar-refractivity contribution in [1.29, 1.82) is 0 Å². The zero-order valence-corrected chi connectivity index (χ0v) is 8.58. The second kappa shape index (κ2) is 3.30. The normalized spacial score (nSPS) is 10.4. The fourth-order valence-electron chi connectivity index (χ4n) is 1.05. The largest absolute Gasteiger partial charge is 0.285 e. The predicted octanol–water partition coefficient (Wildman–Crippen LogP) is 0.811. The van der Waals surface area contributed by atoms with Gasteiger partial charge in [0.2, 0.25) is 5.78 Å². The molecule has 2 aromatic heterocycles. The summed E-state index contributed by atoms with van der Waals surface area (Å²) in [4.78, 5) is 15.8. The maximum absolute atomic E-state index is 11.7. The Morgan fingerprint density at radius 1 is 1.50 bits per heavy atom. The highest BCUT2D eigenvalue weighted by Crippen LogP contribution is 2.11. The minimum Gasteiger partial charge on any atom is -0.285 e. The van der Waals surface area contributed by atoms with Gasteiger partial charge in [-0.05, 0) is 6.92 Å². The van der Waals surface area contributed by atoms with Crippen molar-refractivity contribution in [1.82, 2.24) is 20.0 Å². The lowest BCUT2D eigenvalue weighted by Crippen LogP contribution is -2.02. The van der Waals surface area contributed by atoms with Crippen LogP contribution in [-0.4, -0.2) is 25.8 Å². The quantitative estimate of drug-likeness (QED) is 0.685. The van der Waals surface area contributed by atoms with Gasteiger partial charge in [-0.25, -0.2) is 4.98 Å². The van der Waals surface area contributed by atoms with E-state index in [0.717, 1.165) is 5.01 Å². The van der Waals surface area contributed by atoms with E-state index in [1.807, 2.05) is 6.92 Å². The van der Waals surface area contributed by atoms with E-state index < -0.39 is 0 Å². The number of carbonyl (C=O) groups is 1. The van der Waals surface area contributed by atoms with Crippen molar-refractivity contribution in [2.45, 2.75) is 6.92 Å². The van der Waals surface area contributed by atoms with Crippen LogP contribution in [0.4, 0.5) is 0 Å². The van der Waals surface area contributed by atoms with Crippen LogP contribution < -0.4 is 0 Å². The molecule has 0 aliphatic carbocycles. The summed E-state index contributed by atoms with van der Waals surface area (Å²) >= 11 is 1.45. The Kier molecular flexibility index (Phi) is 2.12. The first-order chi connectivity index (χ1) is 6.66. The topological polar surface area (TPSA) is 60.7 Å². The van der Waals surface area contributed by atoms with E-state index in [-0.39, 0.29) is 5.78 Å². The van der Waals surface area contributed by atoms with Gasteiger partial charge in [0.05, 0.1) is 11.2 Å². The molecule has 6 heteroatoms. The van der Waals surface area contributed by atoms with Crippen LogP contribution in [0.15, 0.2) is 11.6 Å². The molecule has 0 aromatic carbocycles. The minimum atomic E-state index is -0.178. The van der Waals surface area contributed by atoms with Crippen LogP contribution in [0.5, 0.6) is 0 Å². The Hall–Kier alpha value is -1.56. The molecule has 2 aromatic rings. The van der Waals surface area contributed by atoms with E-state index in [0.29, 0.717) is 11.4 Å². The van der Waals surface area contributed by atoms with Crippen molar-refractivity contribution < 1.29 is 4.79 Å². The first kappa shape index (κ1) is 9.01. The van der Waals surface area contributed by atoms with Crippen LogP contribution in [0.3, 0.4) is 0 Å². The molecule has 2 rings (SSSR count). The third-order valence-corrected chi connectivity index (χ3v) is 2.46. The molecule has 0 radical (unpaired) electrons. The number of aryl methyl sites for hydroxylation is 2. The van der Waals surface area contributed by atoms with E-state index >= 15 is 0 Å². The lowest BCUT2D eigenvalue weighted by atomic mass is 10.2. The zero-order chi connectivity index (χ0) is 10.1. The van der Waals surface area contributed by atoms with Crippen molar-refractivity contribution in [3.63, 3.8) is 0 Å². The molecule has 0 aliphatic heterocycles. The Bertz CT molecular complexity index is 431. The molecule has 0 amide bonds. The second-order valence-electron chi connectivity index (χ2n) is 2.86. The van der Waals surface area contributed by atoms with Crippen molar-refractivity contribution in [3.8, 4) is 0 Å². The van der Waals surface area contributed by atoms with Gasteiger partial charge in [0.15, 0.2) is 5.69 Å². The molecular formula is C8H8N4OS. The predicted molar refractivity (Wildman–Crippen MR) is 51.3 cm³/mol. The molecule has 5 nitrogen and oxygen atoms in total. The second-order valence-corrected chi connectivity index (χ2v) is 3.92.